The number of phenols is 1. The lowest BCUT2D eigenvalue weighted by Crippen LogP contribution is -1.91. The van der Waals surface area contributed by atoms with Crippen LogP contribution in [0.2, 0.25) is 0 Å². The first-order chi connectivity index (χ1) is 4.84. The van der Waals surface area contributed by atoms with E-state index in [9.17, 15) is 0 Å². The maximum atomic E-state index is 9.17. The summed E-state index contributed by atoms with van der Waals surface area (Å²) >= 11 is 1.43. The van der Waals surface area contributed by atoms with Crippen LogP contribution in [0.4, 0.5) is 0 Å². The molecular formula is C7H9NOS. The normalized spacial score (nSPS) is 9.70. The summed E-state index contributed by atoms with van der Waals surface area (Å²) in [4.78, 5) is 0.838. The van der Waals surface area contributed by atoms with Crippen LogP contribution in [-0.4, -0.2) is 11.0 Å². The van der Waals surface area contributed by atoms with Gasteiger partial charge in [-0.25, -0.2) is 0 Å². The van der Waals surface area contributed by atoms with Gasteiger partial charge in [0.25, 0.3) is 0 Å². The van der Waals surface area contributed by atoms with Gasteiger partial charge in [-0.1, -0.05) is 12.1 Å². The molecule has 0 amide bonds. The van der Waals surface area contributed by atoms with Crippen molar-refractivity contribution in [3.05, 3.63) is 24.3 Å². The molecule has 0 aromatic heterocycles. The third kappa shape index (κ3) is 1.65. The predicted molar refractivity (Wildman–Crippen MR) is 43.0 cm³/mol. The van der Waals surface area contributed by atoms with Gasteiger partial charge in [-0.05, 0) is 12.1 Å². The standard InChI is InChI=1S/C7H9NOS/c8-5-10-7-4-2-1-3-6(7)9/h1-4,9H,5,8H2. The Hall–Kier alpha value is -0.670. The molecule has 3 heteroatoms. The summed E-state index contributed by atoms with van der Waals surface area (Å²) in [5.74, 6) is 0.801. The molecule has 1 aromatic carbocycles. The lowest BCUT2D eigenvalue weighted by Gasteiger charge is -1.99. The van der Waals surface area contributed by atoms with Crippen molar-refractivity contribution in [2.24, 2.45) is 5.73 Å². The lowest BCUT2D eigenvalue weighted by molar-refractivity contribution is 0.462. The summed E-state index contributed by atoms with van der Waals surface area (Å²) in [6, 6.07) is 7.15. The molecule has 0 aliphatic carbocycles. The molecule has 0 spiro atoms. The van der Waals surface area contributed by atoms with E-state index in [1.165, 1.54) is 11.8 Å². The van der Waals surface area contributed by atoms with Crippen molar-refractivity contribution in [1.82, 2.24) is 0 Å². The molecule has 54 valence electrons. The van der Waals surface area contributed by atoms with Gasteiger partial charge in [0.15, 0.2) is 0 Å². The monoisotopic (exact) mass is 155 g/mol. The number of hydrogen-bond donors (Lipinski definition) is 2. The van der Waals surface area contributed by atoms with Crippen LogP contribution in [0, 0.1) is 0 Å². The quantitative estimate of drug-likeness (QED) is 0.501. The van der Waals surface area contributed by atoms with Crippen LogP contribution in [0.15, 0.2) is 29.2 Å². The van der Waals surface area contributed by atoms with Crippen molar-refractivity contribution in [1.29, 1.82) is 0 Å². The highest BCUT2D eigenvalue weighted by Gasteiger charge is 1.96. The minimum Gasteiger partial charge on any atom is -0.507 e. The summed E-state index contributed by atoms with van der Waals surface area (Å²) in [6.45, 7) is 0. The topological polar surface area (TPSA) is 46.2 Å². The lowest BCUT2D eigenvalue weighted by atomic mass is 10.3. The number of para-hydroxylation sites is 1. The predicted octanol–water partition coefficient (Wildman–Crippen LogP) is 1.40. The van der Waals surface area contributed by atoms with Gasteiger partial charge >= 0.3 is 0 Å². The largest absolute Gasteiger partial charge is 0.507 e. The number of aromatic hydroxyl groups is 1. The Bertz CT molecular complexity index is 215. The number of thioether (sulfide) groups is 1. The molecule has 3 N–H and O–H groups in total. The smallest absolute Gasteiger partial charge is 0.129 e. The van der Waals surface area contributed by atoms with Gasteiger partial charge in [0, 0.05) is 5.88 Å². The molecule has 0 saturated heterocycles. The third-order valence-corrected chi connectivity index (χ3v) is 1.93. The number of benzene rings is 1. The van der Waals surface area contributed by atoms with Gasteiger partial charge in [-0.15, -0.1) is 11.8 Å². The maximum absolute atomic E-state index is 9.17. The van der Waals surface area contributed by atoms with E-state index in [2.05, 4.69) is 0 Å². The van der Waals surface area contributed by atoms with Gasteiger partial charge < -0.3 is 10.8 Å². The Morgan fingerprint density at radius 2 is 2.10 bits per heavy atom. The SMILES string of the molecule is NCSc1ccccc1O. The molecule has 2 nitrogen and oxygen atoms in total. The molecule has 0 aliphatic rings. The van der Waals surface area contributed by atoms with E-state index in [-0.39, 0.29) is 0 Å². The van der Waals surface area contributed by atoms with Crippen molar-refractivity contribution in [3.63, 3.8) is 0 Å². The molecular weight excluding hydrogens is 146 g/mol. The Morgan fingerprint density at radius 1 is 1.40 bits per heavy atom. The van der Waals surface area contributed by atoms with E-state index in [0.717, 1.165) is 4.90 Å². The zero-order valence-electron chi connectivity index (χ0n) is 5.45. The highest BCUT2D eigenvalue weighted by atomic mass is 32.2. The van der Waals surface area contributed by atoms with E-state index in [0.29, 0.717) is 11.6 Å². The molecule has 0 heterocycles. The molecule has 0 aliphatic heterocycles. The second-order valence-corrected chi connectivity index (χ2v) is 2.84. The van der Waals surface area contributed by atoms with Crippen LogP contribution in [0.1, 0.15) is 0 Å². The Morgan fingerprint density at radius 3 is 2.70 bits per heavy atom. The van der Waals surface area contributed by atoms with Gasteiger partial charge in [0.1, 0.15) is 5.75 Å². The summed E-state index contributed by atoms with van der Waals surface area (Å²) in [6.07, 6.45) is 0. The second-order valence-electron chi connectivity index (χ2n) is 1.78. The molecule has 0 bridgehead atoms. The fraction of sp³-hybridized carbons (Fsp3) is 0.143. The fourth-order valence-electron chi connectivity index (χ4n) is 0.669. The molecule has 0 unspecified atom stereocenters. The first kappa shape index (κ1) is 7.44. The van der Waals surface area contributed by atoms with Crippen LogP contribution < -0.4 is 5.73 Å². The first-order valence-corrected chi connectivity index (χ1v) is 3.94. The van der Waals surface area contributed by atoms with Crippen LogP contribution in [0.5, 0.6) is 5.75 Å². The minimum atomic E-state index is 0.304. The molecule has 10 heavy (non-hydrogen) atoms. The average Bonchev–Trinajstić information content (AvgIpc) is 1.94. The zero-order chi connectivity index (χ0) is 7.40. The average molecular weight is 155 g/mol. The van der Waals surface area contributed by atoms with E-state index < -0.39 is 0 Å². The number of hydrogen-bond acceptors (Lipinski definition) is 3. The Balaban J connectivity index is 2.81. The van der Waals surface area contributed by atoms with E-state index >= 15 is 0 Å². The van der Waals surface area contributed by atoms with Crippen LogP contribution in [0.25, 0.3) is 0 Å². The fourth-order valence-corrected chi connectivity index (χ4v) is 1.24. The summed E-state index contributed by atoms with van der Waals surface area (Å²) < 4.78 is 0. The zero-order valence-corrected chi connectivity index (χ0v) is 6.27. The first-order valence-electron chi connectivity index (χ1n) is 2.95. The van der Waals surface area contributed by atoms with E-state index in [1.807, 2.05) is 12.1 Å². The molecule has 0 radical (unpaired) electrons. The molecule has 0 atom stereocenters. The van der Waals surface area contributed by atoms with Crippen molar-refractivity contribution >= 4 is 11.8 Å². The maximum Gasteiger partial charge on any atom is 0.129 e. The van der Waals surface area contributed by atoms with Crippen LogP contribution >= 0.6 is 11.8 Å². The number of rotatable bonds is 2. The summed E-state index contributed by atoms with van der Waals surface area (Å²) in [5, 5.41) is 9.17. The third-order valence-electron chi connectivity index (χ3n) is 1.10. The Kier molecular flexibility index (Phi) is 2.59. The van der Waals surface area contributed by atoms with Crippen molar-refractivity contribution < 1.29 is 5.11 Å². The highest BCUT2D eigenvalue weighted by Crippen LogP contribution is 2.25. The van der Waals surface area contributed by atoms with Gasteiger partial charge in [-0.3, -0.25) is 0 Å². The van der Waals surface area contributed by atoms with E-state index in [4.69, 9.17) is 10.8 Å². The second kappa shape index (κ2) is 3.49. The summed E-state index contributed by atoms with van der Waals surface area (Å²) in [5.41, 5.74) is 5.28. The van der Waals surface area contributed by atoms with Gasteiger partial charge in [-0.2, -0.15) is 0 Å². The number of nitrogens with two attached hydrogens (primary N) is 1. The van der Waals surface area contributed by atoms with Crippen LogP contribution in [0.3, 0.4) is 0 Å². The van der Waals surface area contributed by atoms with Crippen molar-refractivity contribution in [2.45, 2.75) is 4.90 Å². The van der Waals surface area contributed by atoms with Crippen LogP contribution in [-0.2, 0) is 0 Å². The molecule has 0 fully saturated rings. The molecule has 0 saturated carbocycles. The molecule has 1 aromatic rings. The van der Waals surface area contributed by atoms with Crippen molar-refractivity contribution in [3.8, 4) is 5.75 Å². The molecule has 1 rings (SSSR count). The highest BCUT2D eigenvalue weighted by molar-refractivity contribution is 7.99. The minimum absolute atomic E-state index is 0.304. The summed E-state index contributed by atoms with van der Waals surface area (Å²) in [7, 11) is 0. The van der Waals surface area contributed by atoms with Gasteiger partial charge in [0.05, 0.1) is 4.90 Å². The Labute approximate surface area is 64.1 Å². The number of phenolic OH excluding ortho intramolecular Hbond substituents is 1. The van der Waals surface area contributed by atoms with Gasteiger partial charge in [0.2, 0.25) is 0 Å². The van der Waals surface area contributed by atoms with Crippen molar-refractivity contribution in [2.75, 3.05) is 5.88 Å². The van der Waals surface area contributed by atoms with E-state index in [1.54, 1.807) is 12.1 Å².